The number of nitrogens with one attached hydrogen (secondary N) is 1. The number of hydrogen-bond donors (Lipinski definition) is 1. The van der Waals surface area contributed by atoms with Crippen LogP contribution in [0.4, 0.5) is 5.82 Å². The summed E-state index contributed by atoms with van der Waals surface area (Å²) in [5.41, 5.74) is 0.791. The predicted molar refractivity (Wildman–Crippen MR) is 85.0 cm³/mol. The van der Waals surface area contributed by atoms with E-state index in [4.69, 9.17) is 11.6 Å². The lowest BCUT2D eigenvalue weighted by molar-refractivity contribution is 0.811. The molecule has 1 aromatic carbocycles. The zero-order valence-corrected chi connectivity index (χ0v) is 13.1. The van der Waals surface area contributed by atoms with Crippen molar-refractivity contribution in [1.82, 2.24) is 14.5 Å². The Hall–Kier alpha value is -1.59. The van der Waals surface area contributed by atoms with Gasteiger partial charge in [-0.25, -0.2) is 9.97 Å². The molecule has 2 aromatic heterocycles. The Balaban J connectivity index is 1.88. The number of aromatic nitrogens is 3. The van der Waals surface area contributed by atoms with E-state index in [1.54, 1.807) is 6.20 Å². The lowest BCUT2D eigenvalue weighted by Gasteiger charge is -2.08. The van der Waals surface area contributed by atoms with Crippen LogP contribution in [0.1, 0.15) is 5.82 Å². The van der Waals surface area contributed by atoms with Crippen LogP contribution in [0, 0.1) is 0 Å². The van der Waals surface area contributed by atoms with E-state index in [1.165, 1.54) is 0 Å². The summed E-state index contributed by atoms with van der Waals surface area (Å²) in [4.78, 5) is 8.81. The van der Waals surface area contributed by atoms with Crippen molar-refractivity contribution in [2.75, 3.05) is 5.32 Å². The molecule has 20 heavy (non-hydrogen) atoms. The van der Waals surface area contributed by atoms with Crippen LogP contribution in [0.2, 0.25) is 5.02 Å². The Morgan fingerprint density at radius 2 is 2.20 bits per heavy atom. The molecule has 102 valence electrons. The number of fused-ring (bicyclic) bond motifs is 1. The summed E-state index contributed by atoms with van der Waals surface area (Å²) in [6.45, 7) is 0.621. The molecule has 0 aliphatic rings. The van der Waals surface area contributed by atoms with Crippen LogP contribution in [0.3, 0.4) is 0 Å². The molecule has 2 heterocycles. The van der Waals surface area contributed by atoms with E-state index in [0.29, 0.717) is 11.6 Å². The van der Waals surface area contributed by atoms with Gasteiger partial charge in [0.2, 0.25) is 0 Å². The molecule has 0 saturated carbocycles. The van der Waals surface area contributed by atoms with Gasteiger partial charge < -0.3 is 9.88 Å². The normalized spacial score (nSPS) is 10.9. The second-order valence-corrected chi connectivity index (χ2v) is 5.79. The highest BCUT2D eigenvalue weighted by atomic mass is 79.9. The number of aryl methyl sites for hydroxylation is 1. The van der Waals surface area contributed by atoms with Gasteiger partial charge >= 0.3 is 0 Å². The van der Waals surface area contributed by atoms with Crippen LogP contribution in [0.25, 0.3) is 10.9 Å². The number of halogens is 2. The van der Waals surface area contributed by atoms with Crippen LogP contribution in [-0.2, 0) is 13.6 Å². The second-order valence-electron chi connectivity index (χ2n) is 4.46. The maximum Gasteiger partial charge on any atom is 0.127 e. The van der Waals surface area contributed by atoms with E-state index in [9.17, 15) is 0 Å². The predicted octanol–water partition coefficient (Wildman–Crippen LogP) is 4.00. The van der Waals surface area contributed by atoms with E-state index in [0.717, 1.165) is 27.0 Å². The molecule has 6 heteroatoms. The summed E-state index contributed by atoms with van der Waals surface area (Å²) in [5.74, 6) is 1.73. The smallest absolute Gasteiger partial charge is 0.127 e. The summed E-state index contributed by atoms with van der Waals surface area (Å²) in [7, 11) is 1.96. The van der Waals surface area contributed by atoms with Gasteiger partial charge in [-0.05, 0) is 24.3 Å². The lowest BCUT2D eigenvalue weighted by atomic mass is 10.2. The summed E-state index contributed by atoms with van der Waals surface area (Å²) < 4.78 is 2.92. The minimum atomic E-state index is 0.621. The van der Waals surface area contributed by atoms with Crippen molar-refractivity contribution < 1.29 is 0 Å². The number of anilines is 1. The van der Waals surface area contributed by atoms with Crippen molar-refractivity contribution in [2.24, 2.45) is 7.05 Å². The van der Waals surface area contributed by atoms with Crippen LogP contribution in [0.5, 0.6) is 0 Å². The number of nitrogens with zero attached hydrogens (tertiary/aromatic N) is 3. The molecule has 0 bridgehead atoms. The molecule has 4 nitrogen and oxygen atoms in total. The Bertz CT molecular complexity index is 769. The second kappa shape index (κ2) is 5.42. The minimum absolute atomic E-state index is 0.621. The van der Waals surface area contributed by atoms with E-state index in [2.05, 4.69) is 31.2 Å². The monoisotopic (exact) mass is 350 g/mol. The number of imidazole rings is 1. The summed E-state index contributed by atoms with van der Waals surface area (Å²) >= 11 is 9.65. The standard InChI is InChI=1S/C14H12BrClN4/c1-20-5-4-17-13(20)8-18-12-3-2-9-6-10(15)7-11(16)14(9)19-12/h2-7H,8H2,1H3,(H,18,19). The molecule has 0 unspecified atom stereocenters. The molecule has 0 fully saturated rings. The van der Waals surface area contributed by atoms with Crippen LogP contribution >= 0.6 is 27.5 Å². The molecule has 0 saturated heterocycles. The van der Waals surface area contributed by atoms with Crippen molar-refractivity contribution in [3.05, 3.63) is 52.0 Å². The molecular weight excluding hydrogens is 340 g/mol. The van der Waals surface area contributed by atoms with Gasteiger partial charge in [-0.2, -0.15) is 0 Å². The van der Waals surface area contributed by atoms with Gasteiger partial charge in [0.1, 0.15) is 11.6 Å². The van der Waals surface area contributed by atoms with Crippen molar-refractivity contribution >= 4 is 44.3 Å². The first-order chi connectivity index (χ1) is 9.63. The fourth-order valence-corrected chi connectivity index (χ4v) is 2.87. The lowest BCUT2D eigenvalue weighted by Crippen LogP contribution is -2.06. The number of pyridine rings is 1. The molecule has 0 aliphatic heterocycles. The average molecular weight is 352 g/mol. The Morgan fingerprint density at radius 1 is 1.35 bits per heavy atom. The molecule has 0 amide bonds. The SMILES string of the molecule is Cn1ccnc1CNc1ccc2cc(Br)cc(Cl)c2n1. The van der Waals surface area contributed by atoms with Crippen LogP contribution < -0.4 is 5.32 Å². The maximum absolute atomic E-state index is 6.22. The minimum Gasteiger partial charge on any atom is -0.363 e. The zero-order chi connectivity index (χ0) is 14.1. The maximum atomic E-state index is 6.22. The van der Waals surface area contributed by atoms with E-state index < -0.39 is 0 Å². The Kier molecular flexibility index (Phi) is 3.63. The molecule has 3 aromatic rings. The van der Waals surface area contributed by atoms with E-state index in [1.807, 2.05) is 42.1 Å². The van der Waals surface area contributed by atoms with Crippen molar-refractivity contribution in [3.63, 3.8) is 0 Å². The van der Waals surface area contributed by atoms with Crippen LogP contribution in [-0.4, -0.2) is 14.5 Å². The average Bonchev–Trinajstić information content (AvgIpc) is 2.82. The molecule has 1 N–H and O–H groups in total. The van der Waals surface area contributed by atoms with Crippen LogP contribution in [0.15, 0.2) is 41.1 Å². The van der Waals surface area contributed by atoms with Crippen molar-refractivity contribution in [2.45, 2.75) is 6.54 Å². The highest BCUT2D eigenvalue weighted by Crippen LogP contribution is 2.27. The topological polar surface area (TPSA) is 42.7 Å². The van der Waals surface area contributed by atoms with Gasteiger partial charge in [0.25, 0.3) is 0 Å². The largest absolute Gasteiger partial charge is 0.363 e. The third-order valence-corrected chi connectivity index (χ3v) is 3.81. The molecule has 0 aliphatic carbocycles. The highest BCUT2D eigenvalue weighted by Gasteiger charge is 2.05. The first-order valence-corrected chi connectivity index (χ1v) is 7.26. The third kappa shape index (κ3) is 2.64. The van der Waals surface area contributed by atoms with Crippen molar-refractivity contribution in [3.8, 4) is 0 Å². The van der Waals surface area contributed by atoms with Gasteiger partial charge in [-0.1, -0.05) is 27.5 Å². The molecule has 3 rings (SSSR count). The van der Waals surface area contributed by atoms with Gasteiger partial charge in [0, 0.05) is 29.3 Å². The Morgan fingerprint density at radius 3 is 2.95 bits per heavy atom. The van der Waals surface area contributed by atoms with Gasteiger partial charge in [-0.15, -0.1) is 0 Å². The summed E-state index contributed by atoms with van der Waals surface area (Å²) in [6, 6.07) is 7.78. The number of hydrogen-bond acceptors (Lipinski definition) is 3. The summed E-state index contributed by atoms with van der Waals surface area (Å²) in [6.07, 6.45) is 3.69. The fraction of sp³-hybridized carbons (Fsp3) is 0.143. The Labute approximate surface area is 129 Å². The molecular formula is C14H12BrClN4. The first-order valence-electron chi connectivity index (χ1n) is 6.09. The quantitative estimate of drug-likeness (QED) is 0.775. The molecule has 0 radical (unpaired) electrons. The summed E-state index contributed by atoms with van der Waals surface area (Å²) in [5, 5.41) is 4.90. The van der Waals surface area contributed by atoms with E-state index in [-0.39, 0.29) is 0 Å². The zero-order valence-electron chi connectivity index (χ0n) is 10.8. The number of rotatable bonds is 3. The van der Waals surface area contributed by atoms with Gasteiger partial charge in [0.15, 0.2) is 0 Å². The highest BCUT2D eigenvalue weighted by molar-refractivity contribution is 9.10. The van der Waals surface area contributed by atoms with Gasteiger partial charge in [-0.3, -0.25) is 0 Å². The first kappa shape index (κ1) is 13.4. The van der Waals surface area contributed by atoms with Crippen molar-refractivity contribution in [1.29, 1.82) is 0 Å². The fourth-order valence-electron chi connectivity index (χ4n) is 1.99. The van der Waals surface area contributed by atoms with E-state index >= 15 is 0 Å². The number of benzene rings is 1. The molecule has 0 atom stereocenters. The third-order valence-electron chi connectivity index (χ3n) is 3.06. The van der Waals surface area contributed by atoms with Gasteiger partial charge in [0.05, 0.1) is 17.1 Å². The molecule has 0 spiro atoms.